The van der Waals surface area contributed by atoms with E-state index in [2.05, 4.69) is 36.1 Å². The lowest BCUT2D eigenvalue weighted by atomic mass is 10.1. The van der Waals surface area contributed by atoms with Crippen LogP contribution in [0.2, 0.25) is 0 Å². The second-order valence-electron chi connectivity index (χ2n) is 26.2. The number of urea groups is 1. The number of aromatic nitrogens is 5. The van der Waals surface area contributed by atoms with Gasteiger partial charge in [-0.1, -0.05) is 23.8 Å². The van der Waals surface area contributed by atoms with Crippen LogP contribution in [-0.2, 0) is 90.0 Å². The van der Waals surface area contributed by atoms with Crippen LogP contribution in [0, 0.1) is 0 Å². The number of ether oxygens (including phenoxy) is 6. The van der Waals surface area contributed by atoms with Gasteiger partial charge >= 0.3 is 35.9 Å². The summed E-state index contributed by atoms with van der Waals surface area (Å²) in [5.74, 6) is -2.76. The molecule has 1 aromatic carbocycles. The Morgan fingerprint density at radius 1 is 0.628 bits per heavy atom. The number of imidazole rings is 1. The van der Waals surface area contributed by atoms with Crippen molar-refractivity contribution in [3.8, 4) is 5.75 Å². The molecule has 0 unspecified atom stereocenters. The smallest absolute Gasteiger partial charge is 0.329 e. The number of nitrogens with zero attached hydrogens (tertiary/aromatic N) is 7. The molecular weight excluding hydrogens is 1110 g/mol. The zero-order valence-corrected chi connectivity index (χ0v) is 53.8. The van der Waals surface area contributed by atoms with Gasteiger partial charge in [-0.15, -0.1) is 5.10 Å². The van der Waals surface area contributed by atoms with Gasteiger partial charge in [0.1, 0.15) is 83.6 Å². The molecule has 25 heteroatoms. The molecule has 482 valence electrons. The molecule has 0 radical (unpaired) electrons. The number of unbranched alkanes of at least 4 members (excludes halogenated alkanes) is 3. The van der Waals surface area contributed by atoms with E-state index in [0.29, 0.717) is 88.6 Å². The third-order valence-corrected chi connectivity index (χ3v) is 11.9. The van der Waals surface area contributed by atoms with E-state index < -0.39 is 95.0 Å². The molecule has 0 saturated carbocycles. The van der Waals surface area contributed by atoms with Crippen LogP contribution in [0.1, 0.15) is 185 Å². The number of aryl methyl sites for hydroxylation is 1. The summed E-state index contributed by atoms with van der Waals surface area (Å²) in [5.41, 5.74) is 3.18. The summed E-state index contributed by atoms with van der Waals surface area (Å²) in [5, 5.41) is 16.5. The van der Waals surface area contributed by atoms with Crippen LogP contribution in [0.3, 0.4) is 0 Å². The van der Waals surface area contributed by atoms with E-state index in [9.17, 15) is 38.4 Å². The number of benzene rings is 1. The zero-order valence-electron chi connectivity index (χ0n) is 53.8. The number of amides is 4. The van der Waals surface area contributed by atoms with Crippen LogP contribution >= 0.6 is 0 Å². The SMILES string of the molecule is CC(C)(C)OC(=O)CC[C@H](NC(=O)N[C@@H](CCCCNC(=O)CCCCCN(Cc1ccc(OCc2cn(CCCN)nn2)cc1)Cc1nccn1CC(=O)N(CC(=O)OC(C)(C)C)CC(=O)OC(C)(C)C)C(=O)OC(C)(C)C)C(=O)OC(C)(C)C. The molecule has 3 rings (SSSR count). The molecule has 0 bridgehead atoms. The summed E-state index contributed by atoms with van der Waals surface area (Å²) in [6.07, 6.45) is 8.97. The van der Waals surface area contributed by atoms with E-state index in [1.807, 2.05) is 30.5 Å². The number of nitrogens with two attached hydrogens (primary N) is 1. The topological polar surface area (TPSA) is 309 Å². The van der Waals surface area contributed by atoms with Crippen LogP contribution in [0.25, 0.3) is 0 Å². The van der Waals surface area contributed by atoms with Gasteiger partial charge in [-0.05, 0) is 180 Å². The van der Waals surface area contributed by atoms with Crippen molar-refractivity contribution >= 4 is 47.7 Å². The van der Waals surface area contributed by atoms with Crippen molar-refractivity contribution < 1.29 is 66.8 Å². The Balaban J connectivity index is 1.65. The summed E-state index contributed by atoms with van der Waals surface area (Å²) in [7, 11) is 0. The van der Waals surface area contributed by atoms with Gasteiger partial charge in [-0.2, -0.15) is 0 Å². The fourth-order valence-electron chi connectivity index (χ4n) is 8.30. The quantitative estimate of drug-likeness (QED) is 0.0278. The van der Waals surface area contributed by atoms with Gasteiger partial charge in [0, 0.05) is 44.9 Å². The van der Waals surface area contributed by atoms with E-state index in [-0.39, 0.29) is 44.7 Å². The second kappa shape index (κ2) is 34.3. The molecular formula is C61H99N11O14. The predicted octanol–water partition coefficient (Wildman–Crippen LogP) is 6.61. The molecule has 3 aromatic rings. The minimum absolute atomic E-state index is 0.107. The predicted molar refractivity (Wildman–Crippen MR) is 320 cm³/mol. The maximum Gasteiger partial charge on any atom is 0.329 e. The fraction of sp³-hybridized carbons (Fsp3) is 0.689. The number of hydrogen-bond donors (Lipinski definition) is 4. The van der Waals surface area contributed by atoms with Crippen LogP contribution in [0.4, 0.5) is 4.79 Å². The van der Waals surface area contributed by atoms with Crippen molar-refractivity contribution in [2.24, 2.45) is 5.73 Å². The first-order valence-electron chi connectivity index (χ1n) is 29.7. The summed E-state index contributed by atoms with van der Waals surface area (Å²) in [6.45, 7) is 27.7. The molecule has 2 aromatic heterocycles. The Morgan fingerprint density at radius 3 is 1.74 bits per heavy atom. The van der Waals surface area contributed by atoms with Crippen LogP contribution in [0.5, 0.6) is 5.75 Å². The van der Waals surface area contributed by atoms with Gasteiger partial charge in [0.05, 0.1) is 12.7 Å². The highest BCUT2D eigenvalue weighted by Gasteiger charge is 2.32. The Labute approximate surface area is 508 Å². The Hall–Kier alpha value is -7.15. The van der Waals surface area contributed by atoms with E-state index in [1.165, 1.54) is 0 Å². The number of esters is 5. The second-order valence-corrected chi connectivity index (χ2v) is 26.2. The summed E-state index contributed by atoms with van der Waals surface area (Å²) in [6, 6.07) is 4.55. The van der Waals surface area contributed by atoms with E-state index in [4.69, 9.17) is 34.2 Å². The van der Waals surface area contributed by atoms with Crippen molar-refractivity contribution in [3.05, 3.63) is 59.9 Å². The molecule has 0 aliphatic heterocycles. The minimum atomic E-state index is -1.23. The molecule has 0 aliphatic carbocycles. The Bertz CT molecular complexity index is 2610. The third-order valence-electron chi connectivity index (χ3n) is 11.9. The minimum Gasteiger partial charge on any atom is -0.487 e. The van der Waals surface area contributed by atoms with Crippen LogP contribution < -0.4 is 26.4 Å². The lowest BCUT2D eigenvalue weighted by molar-refractivity contribution is -0.164. The average Bonchev–Trinajstić information content (AvgIpc) is 4.12. The zero-order chi connectivity index (χ0) is 64.5. The largest absolute Gasteiger partial charge is 0.487 e. The van der Waals surface area contributed by atoms with Gasteiger partial charge in [0.15, 0.2) is 0 Å². The fourth-order valence-corrected chi connectivity index (χ4v) is 8.30. The molecule has 4 amide bonds. The summed E-state index contributed by atoms with van der Waals surface area (Å²) in [4.78, 5) is 113. The maximum atomic E-state index is 14.0. The van der Waals surface area contributed by atoms with Crippen molar-refractivity contribution in [1.82, 2.24) is 50.3 Å². The first kappa shape index (κ1) is 73.1. The molecule has 0 fully saturated rings. The average molecular weight is 1210 g/mol. The van der Waals surface area contributed by atoms with Crippen molar-refractivity contribution in [2.75, 3.05) is 32.7 Å². The van der Waals surface area contributed by atoms with Crippen LogP contribution in [0.15, 0.2) is 42.9 Å². The molecule has 0 aliphatic rings. The van der Waals surface area contributed by atoms with E-state index in [0.717, 1.165) is 16.9 Å². The normalized spacial score (nSPS) is 12.8. The van der Waals surface area contributed by atoms with Gasteiger partial charge in [0.2, 0.25) is 11.8 Å². The Morgan fingerprint density at radius 2 is 1.19 bits per heavy atom. The standard InChI is InChI=1S/C61H99N11O14/c1-57(2,3)82-51(75)29-28-47(55(79)86-61(13,14)15)66-56(80)65-46(54(78)85-60(10,11)12)22-18-19-31-64-49(73)23-17-16-20-33-69(36-43-24-26-45(27-25-43)81-42-44-37-72(68-67-44)34-21-30-62)38-48-63-32-35-70(48)39-50(74)71(40-52(76)83-58(4,5)6)41-53(77)84-59(7,8)9/h24-27,32,35,37,46-47H,16-23,28-31,33-34,36,38-42,62H2,1-15H3,(H,64,73)(H2,65,66,80)/t46-,47-/m0/s1. The molecule has 25 nitrogen and oxygen atoms in total. The summed E-state index contributed by atoms with van der Waals surface area (Å²) >= 11 is 0. The number of carbonyl (C=O) groups is 8. The van der Waals surface area contributed by atoms with Crippen molar-refractivity contribution in [1.29, 1.82) is 0 Å². The lowest BCUT2D eigenvalue weighted by Crippen LogP contribution is -2.53. The van der Waals surface area contributed by atoms with Crippen molar-refractivity contribution in [3.63, 3.8) is 0 Å². The van der Waals surface area contributed by atoms with Gasteiger partial charge < -0.3 is 59.6 Å². The molecule has 0 spiro atoms. The van der Waals surface area contributed by atoms with Crippen molar-refractivity contribution in [2.45, 2.75) is 241 Å². The molecule has 0 saturated heterocycles. The first-order valence-corrected chi connectivity index (χ1v) is 29.7. The molecule has 86 heavy (non-hydrogen) atoms. The molecule has 2 atom stereocenters. The van der Waals surface area contributed by atoms with Gasteiger partial charge in [-0.3, -0.25) is 33.6 Å². The van der Waals surface area contributed by atoms with E-state index in [1.54, 1.807) is 125 Å². The highest BCUT2D eigenvalue weighted by Crippen LogP contribution is 2.20. The highest BCUT2D eigenvalue weighted by atomic mass is 16.6. The highest BCUT2D eigenvalue weighted by molar-refractivity contribution is 5.88. The molecule has 5 N–H and O–H groups in total. The Kier molecular flexibility index (Phi) is 29.1. The summed E-state index contributed by atoms with van der Waals surface area (Å²) < 4.78 is 37.0. The van der Waals surface area contributed by atoms with Crippen LogP contribution in [-0.4, -0.2) is 155 Å². The molecule has 2 heterocycles. The number of hydrogen-bond acceptors (Lipinski definition) is 19. The number of nitrogens with one attached hydrogen (secondary N) is 3. The van der Waals surface area contributed by atoms with Gasteiger partial charge in [0.25, 0.3) is 0 Å². The number of carbonyl (C=O) groups excluding carboxylic acids is 8. The first-order chi connectivity index (χ1) is 39.9. The van der Waals surface area contributed by atoms with Gasteiger partial charge in [-0.25, -0.2) is 19.4 Å². The maximum absolute atomic E-state index is 14.0. The monoisotopic (exact) mass is 1210 g/mol. The van der Waals surface area contributed by atoms with E-state index >= 15 is 0 Å². The lowest BCUT2D eigenvalue weighted by Gasteiger charge is -2.27. The third kappa shape index (κ3) is 32.4. The number of rotatable bonds is 34.